The number of hydrogen-bond donors (Lipinski definition) is 10. The van der Waals surface area contributed by atoms with E-state index in [4.69, 9.17) is 58.9 Å². The lowest BCUT2D eigenvalue weighted by atomic mass is 10.4. The number of carbonyl (C=O) groups excluding carboxylic acids is 2. The molecule has 0 bridgehead atoms. The Hall–Kier alpha value is -0.600. The van der Waals surface area contributed by atoms with Gasteiger partial charge in [0.05, 0.1) is 6.61 Å². The third-order valence-electron chi connectivity index (χ3n) is 0.708. The molecule has 0 aromatic rings. The molecule has 16 heteroatoms. The first kappa shape index (κ1) is 29.4. The molecule has 10 N–H and O–H groups in total. The van der Waals surface area contributed by atoms with Crippen LogP contribution in [0.5, 0.6) is 0 Å². The van der Waals surface area contributed by atoms with Crippen LogP contribution in [0.4, 0.5) is 0 Å². The maximum absolute atomic E-state index is 9.64. The predicted molar refractivity (Wildman–Crippen MR) is 66.6 cm³/mol. The number of carbonyl (C=O) groups is 2. The van der Waals surface area contributed by atoms with Crippen LogP contribution in [0.15, 0.2) is 0 Å². The molecule has 0 spiro atoms. The minimum Gasteiger partial charge on any atom is -0.393 e. The van der Waals surface area contributed by atoms with Crippen molar-refractivity contribution in [3.8, 4) is 0 Å². The van der Waals surface area contributed by atoms with Gasteiger partial charge in [-0.1, -0.05) is 0 Å². The van der Waals surface area contributed by atoms with Crippen molar-refractivity contribution < 1.29 is 68.5 Å². The Morgan fingerprint density at radius 3 is 1.14 bits per heavy atom. The average Bonchev–Trinajstić information content (AvgIpc) is 2.24. The molecule has 14 nitrogen and oxygen atoms in total. The fourth-order valence-corrected chi connectivity index (χ4v) is 0.0430. The van der Waals surface area contributed by atoms with E-state index in [1.807, 2.05) is 0 Å². The van der Waals surface area contributed by atoms with Gasteiger partial charge in [-0.25, -0.2) is 9.13 Å². The number of Topliss-reactive ketones (excluding diaryl/α,β-unsaturated/α-hetero) is 1. The fraction of sp³-hybridized carbons (Fsp3) is 0.667. The normalized spacial score (nSPS) is 11.6. The van der Waals surface area contributed by atoms with Crippen LogP contribution in [0.25, 0.3) is 0 Å². The zero-order chi connectivity index (χ0) is 19.1. The summed E-state index contributed by atoms with van der Waals surface area (Å²) in [6.45, 7) is 0.619. The van der Waals surface area contributed by atoms with Crippen LogP contribution in [-0.2, 0) is 18.7 Å². The summed E-state index contributed by atoms with van der Waals surface area (Å²) in [5.41, 5.74) is 0. The number of rotatable bonds is 3. The SMILES string of the molecule is CC(=O)C(O)O.O=CC(O)CO.O=P(O)(O)O.O=P(O)(O)O. The summed E-state index contributed by atoms with van der Waals surface area (Å²) >= 11 is 0. The van der Waals surface area contributed by atoms with E-state index >= 15 is 0 Å². The van der Waals surface area contributed by atoms with E-state index in [0.29, 0.717) is 0 Å². The fourth-order valence-electron chi connectivity index (χ4n) is 0.0430. The van der Waals surface area contributed by atoms with E-state index in [1.165, 1.54) is 0 Å². The summed E-state index contributed by atoms with van der Waals surface area (Å²) in [5.74, 6) is -0.630. The number of ketones is 1. The molecule has 0 saturated carbocycles. The van der Waals surface area contributed by atoms with Gasteiger partial charge in [0, 0.05) is 0 Å². The lowest BCUT2D eigenvalue weighted by molar-refractivity contribution is -0.142. The lowest BCUT2D eigenvalue weighted by Crippen LogP contribution is -2.14. The van der Waals surface area contributed by atoms with Crippen molar-refractivity contribution in [1.29, 1.82) is 0 Å². The molecule has 0 aliphatic carbocycles. The van der Waals surface area contributed by atoms with Gasteiger partial charge >= 0.3 is 15.6 Å². The van der Waals surface area contributed by atoms with E-state index in [9.17, 15) is 9.59 Å². The molecule has 1 unspecified atom stereocenters. The Bertz CT molecular complexity index is 331. The zero-order valence-electron chi connectivity index (χ0n) is 10.9. The van der Waals surface area contributed by atoms with E-state index in [2.05, 4.69) is 0 Å². The van der Waals surface area contributed by atoms with Gasteiger partial charge in [-0.15, -0.1) is 0 Å². The molecule has 0 aromatic heterocycles. The standard InChI is InChI=1S/2C3H6O3.2H3O4P/c4-1-3(6)2-5;1-2(4)3(5)6;2*1-5(2,3)4/h1,3,5-6H,2H2;3,5-6H,1H3;2*(H3,1,2,3,4). The molecule has 0 saturated heterocycles. The van der Waals surface area contributed by atoms with Crippen LogP contribution >= 0.6 is 15.6 Å². The number of phosphoric acid groups is 2. The summed E-state index contributed by atoms with van der Waals surface area (Å²) in [6.07, 6.45) is -2.70. The third-order valence-corrected chi connectivity index (χ3v) is 0.708. The summed E-state index contributed by atoms with van der Waals surface area (Å²) < 4.78 is 17.8. The highest BCUT2D eigenvalue weighted by molar-refractivity contribution is 7.45. The molecule has 0 rings (SSSR count). The summed E-state index contributed by atoms with van der Waals surface area (Å²) in [7, 11) is -9.28. The second-order valence-electron chi connectivity index (χ2n) is 2.90. The van der Waals surface area contributed by atoms with Gasteiger partial charge in [0.15, 0.2) is 12.1 Å². The van der Waals surface area contributed by atoms with Gasteiger partial charge in [0.25, 0.3) is 0 Å². The van der Waals surface area contributed by atoms with Crippen molar-refractivity contribution in [3.63, 3.8) is 0 Å². The minimum absolute atomic E-state index is 0.278. The number of aliphatic hydroxyl groups is 4. The van der Waals surface area contributed by atoms with Crippen LogP contribution in [0.3, 0.4) is 0 Å². The Morgan fingerprint density at radius 2 is 1.14 bits per heavy atom. The van der Waals surface area contributed by atoms with Gasteiger partial charge in [-0.2, -0.15) is 0 Å². The predicted octanol–water partition coefficient (Wildman–Crippen LogP) is -4.43. The van der Waals surface area contributed by atoms with Crippen molar-refractivity contribution in [3.05, 3.63) is 0 Å². The zero-order valence-corrected chi connectivity index (χ0v) is 12.7. The minimum atomic E-state index is -4.64. The summed E-state index contributed by atoms with van der Waals surface area (Å²) in [5, 5.41) is 31.6. The monoisotopic (exact) mass is 376 g/mol. The topological polar surface area (TPSA) is 271 Å². The van der Waals surface area contributed by atoms with Crippen LogP contribution in [0.1, 0.15) is 6.92 Å². The van der Waals surface area contributed by atoms with Gasteiger partial charge in [0.2, 0.25) is 6.29 Å². The molecule has 22 heavy (non-hydrogen) atoms. The lowest BCUT2D eigenvalue weighted by Gasteiger charge is -1.90. The quantitative estimate of drug-likeness (QED) is 0.126. The molecule has 0 aliphatic rings. The van der Waals surface area contributed by atoms with Gasteiger partial charge in [-0.3, -0.25) is 4.79 Å². The molecular weight excluding hydrogens is 358 g/mol. The van der Waals surface area contributed by atoms with Gasteiger partial charge in [-0.05, 0) is 6.92 Å². The van der Waals surface area contributed by atoms with Crippen molar-refractivity contribution in [2.75, 3.05) is 6.61 Å². The van der Waals surface area contributed by atoms with Crippen molar-refractivity contribution in [2.45, 2.75) is 19.3 Å². The second-order valence-corrected chi connectivity index (χ2v) is 4.95. The highest BCUT2D eigenvalue weighted by Crippen LogP contribution is 2.26. The number of hydrogen-bond acceptors (Lipinski definition) is 8. The molecule has 0 radical (unpaired) electrons. The summed E-state index contributed by atoms with van der Waals surface area (Å²) in [6, 6.07) is 0. The summed E-state index contributed by atoms with van der Waals surface area (Å²) in [4.78, 5) is 62.1. The Kier molecular flexibility index (Phi) is 20.5. The highest BCUT2D eigenvalue weighted by atomic mass is 31.2. The van der Waals surface area contributed by atoms with Crippen molar-refractivity contribution >= 4 is 27.7 Å². The van der Waals surface area contributed by atoms with E-state index in [1.54, 1.807) is 0 Å². The Labute approximate surface area is 123 Å². The first-order valence-electron chi connectivity index (χ1n) is 4.63. The smallest absolute Gasteiger partial charge is 0.393 e. The third kappa shape index (κ3) is 120. The number of aldehydes is 1. The highest BCUT2D eigenvalue weighted by Gasteiger charge is 2.01. The van der Waals surface area contributed by atoms with Crippen LogP contribution in [0, 0.1) is 0 Å². The molecule has 0 aromatic carbocycles. The number of aliphatic hydroxyl groups excluding tert-OH is 3. The Balaban J connectivity index is -0.0000000986. The average molecular weight is 376 g/mol. The molecule has 0 heterocycles. The molecule has 1 atom stereocenters. The van der Waals surface area contributed by atoms with E-state index in [0.717, 1.165) is 6.92 Å². The maximum Gasteiger partial charge on any atom is 0.466 e. The molecule has 0 fully saturated rings. The molecule has 0 aliphatic heterocycles. The maximum atomic E-state index is 9.64. The van der Waals surface area contributed by atoms with E-state index < -0.39 is 40.4 Å². The second kappa shape index (κ2) is 15.3. The van der Waals surface area contributed by atoms with Crippen LogP contribution in [-0.4, -0.2) is 80.9 Å². The van der Waals surface area contributed by atoms with E-state index in [-0.39, 0.29) is 6.29 Å². The first-order chi connectivity index (χ1) is 9.45. The molecular formula is C6H18O14P2. The van der Waals surface area contributed by atoms with Crippen molar-refractivity contribution in [1.82, 2.24) is 0 Å². The first-order valence-corrected chi connectivity index (χ1v) is 7.76. The van der Waals surface area contributed by atoms with Gasteiger partial charge in [0.1, 0.15) is 6.10 Å². The molecule has 136 valence electrons. The molecule has 0 amide bonds. The van der Waals surface area contributed by atoms with Crippen LogP contribution in [0.2, 0.25) is 0 Å². The van der Waals surface area contributed by atoms with Crippen LogP contribution < -0.4 is 0 Å². The van der Waals surface area contributed by atoms with Crippen molar-refractivity contribution in [2.24, 2.45) is 0 Å². The Morgan fingerprint density at radius 1 is 0.955 bits per heavy atom. The largest absolute Gasteiger partial charge is 0.466 e. The van der Waals surface area contributed by atoms with Gasteiger partial charge < -0.3 is 54.6 Å².